The van der Waals surface area contributed by atoms with Crippen molar-refractivity contribution in [3.63, 3.8) is 0 Å². The highest BCUT2D eigenvalue weighted by atomic mass is 16.7. The van der Waals surface area contributed by atoms with Crippen LogP contribution >= 0.6 is 0 Å². The molecule has 1 aromatic heterocycles. The Hall–Kier alpha value is -2.94. The number of nitrogens with zero attached hydrogens (tertiary/aromatic N) is 5. The van der Waals surface area contributed by atoms with Gasteiger partial charge in [0.25, 0.3) is 5.91 Å². The van der Waals surface area contributed by atoms with Gasteiger partial charge in [-0.25, -0.2) is 4.79 Å². The summed E-state index contributed by atoms with van der Waals surface area (Å²) in [4.78, 5) is 34.0. The van der Waals surface area contributed by atoms with E-state index >= 15 is 0 Å². The van der Waals surface area contributed by atoms with Crippen molar-refractivity contribution < 1.29 is 19.2 Å². The summed E-state index contributed by atoms with van der Waals surface area (Å²) in [5.41, 5.74) is 1.45. The molecule has 1 aromatic carbocycles. The summed E-state index contributed by atoms with van der Waals surface area (Å²) in [5, 5.41) is 9.44. The Kier molecular flexibility index (Phi) is 5.64. The first-order valence-corrected chi connectivity index (χ1v) is 9.15. The zero-order chi connectivity index (χ0) is 20.3. The summed E-state index contributed by atoms with van der Waals surface area (Å²) in [5.74, 6) is -0.161. The predicted octanol–water partition coefficient (Wildman–Crippen LogP) is 2.20. The number of hydroxylamine groups is 2. The van der Waals surface area contributed by atoms with Crippen LogP contribution in [-0.2, 0) is 9.57 Å². The van der Waals surface area contributed by atoms with Crippen LogP contribution < -0.4 is 0 Å². The quantitative estimate of drug-likeness (QED) is 0.785. The molecule has 1 saturated heterocycles. The van der Waals surface area contributed by atoms with Crippen molar-refractivity contribution in [2.45, 2.75) is 33.3 Å². The monoisotopic (exact) mass is 387 g/mol. The first kappa shape index (κ1) is 19.8. The fraction of sp³-hybridized carbons (Fsp3) is 0.474. The fourth-order valence-electron chi connectivity index (χ4n) is 2.82. The number of amides is 2. The molecule has 9 nitrogen and oxygen atoms in total. The summed E-state index contributed by atoms with van der Waals surface area (Å²) in [6, 6.07) is 5.55. The largest absolute Gasteiger partial charge is 0.442 e. The molecule has 2 amide bonds. The van der Waals surface area contributed by atoms with E-state index in [2.05, 4.69) is 10.2 Å². The third-order valence-corrected chi connectivity index (χ3v) is 4.08. The van der Waals surface area contributed by atoms with Gasteiger partial charge in [-0.2, -0.15) is 20.1 Å². The van der Waals surface area contributed by atoms with Crippen LogP contribution in [0.1, 0.15) is 36.7 Å². The van der Waals surface area contributed by atoms with Crippen molar-refractivity contribution in [1.29, 1.82) is 0 Å². The minimum Gasteiger partial charge on any atom is -0.442 e. The number of hydrogen-bond donors (Lipinski definition) is 0. The second kappa shape index (κ2) is 7.97. The van der Waals surface area contributed by atoms with Gasteiger partial charge < -0.3 is 9.64 Å². The van der Waals surface area contributed by atoms with E-state index < -0.39 is 11.7 Å². The van der Waals surface area contributed by atoms with Gasteiger partial charge in [0.05, 0.1) is 36.8 Å². The lowest BCUT2D eigenvalue weighted by atomic mass is 10.1. The number of benzene rings is 1. The van der Waals surface area contributed by atoms with Crippen molar-refractivity contribution in [1.82, 2.24) is 25.0 Å². The molecule has 28 heavy (non-hydrogen) atoms. The second-order valence-electron chi connectivity index (χ2n) is 7.55. The standard InChI is InChI=1S/C19H25N5O4/c1-14-5-6-16(24-20-7-8-21-24)15(13-14)17(25)22-9-10-23(27-12-11-22)18(26)28-19(2,3)4/h5-8,13H,9-12H2,1-4H3. The van der Waals surface area contributed by atoms with Crippen molar-refractivity contribution in [3.8, 4) is 5.69 Å². The maximum atomic E-state index is 13.2. The summed E-state index contributed by atoms with van der Waals surface area (Å²) in [7, 11) is 0. The van der Waals surface area contributed by atoms with E-state index in [9.17, 15) is 9.59 Å². The van der Waals surface area contributed by atoms with Crippen LogP contribution in [-0.4, -0.2) is 68.8 Å². The van der Waals surface area contributed by atoms with Crippen LogP contribution in [0.2, 0.25) is 0 Å². The van der Waals surface area contributed by atoms with Gasteiger partial charge in [-0.05, 0) is 39.8 Å². The second-order valence-corrected chi connectivity index (χ2v) is 7.55. The van der Waals surface area contributed by atoms with E-state index in [1.165, 1.54) is 9.86 Å². The Labute approximate surface area is 163 Å². The van der Waals surface area contributed by atoms with Crippen LogP contribution in [0, 0.1) is 6.92 Å². The van der Waals surface area contributed by atoms with E-state index in [-0.39, 0.29) is 19.1 Å². The van der Waals surface area contributed by atoms with Crippen LogP contribution in [0.25, 0.3) is 5.69 Å². The Morgan fingerprint density at radius 3 is 2.50 bits per heavy atom. The molecule has 1 fully saturated rings. The number of aryl methyl sites for hydroxylation is 1. The average Bonchev–Trinajstić information content (AvgIpc) is 3.03. The van der Waals surface area contributed by atoms with Gasteiger partial charge >= 0.3 is 6.09 Å². The number of aromatic nitrogens is 3. The lowest BCUT2D eigenvalue weighted by Crippen LogP contribution is -2.39. The van der Waals surface area contributed by atoms with E-state index in [1.807, 2.05) is 25.1 Å². The zero-order valence-corrected chi connectivity index (χ0v) is 16.6. The lowest BCUT2D eigenvalue weighted by Gasteiger charge is -2.25. The maximum absolute atomic E-state index is 13.2. The highest BCUT2D eigenvalue weighted by Gasteiger charge is 2.28. The molecular weight excluding hydrogens is 362 g/mol. The first-order valence-electron chi connectivity index (χ1n) is 9.15. The zero-order valence-electron chi connectivity index (χ0n) is 16.6. The fourth-order valence-corrected chi connectivity index (χ4v) is 2.82. The molecule has 150 valence electrons. The van der Waals surface area contributed by atoms with Gasteiger partial charge in [0.2, 0.25) is 0 Å². The number of carbonyl (C=O) groups excluding carboxylic acids is 2. The molecule has 0 unspecified atom stereocenters. The predicted molar refractivity (Wildman–Crippen MR) is 101 cm³/mol. The van der Waals surface area contributed by atoms with Crippen molar-refractivity contribution in [3.05, 3.63) is 41.7 Å². The minimum atomic E-state index is -0.616. The summed E-state index contributed by atoms with van der Waals surface area (Å²) in [6.45, 7) is 8.42. The smallest absolute Gasteiger partial charge is 0.434 e. The van der Waals surface area contributed by atoms with Gasteiger partial charge in [0.15, 0.2) is 0 Å². The molecule has 1 aliphatic heterocycles. The molecule has 9 heteroatoms. The van der Waals surface area contributed by atoms with Crippen LogP contribution in [0.5, 0.6) is 0 Å². The van der Waals surface area contributed by atoms with Crippen LogP contribution in [0.4, 0.5) is 4.79 Å². The number of rotatable bonds is 2. The molecule has 0 aliphatic carbocycles. The number of hydrogen-bond acceptors (Lipinski definition) is 6. The maximum Gasteiger partial charge on any atom is 0.434 e. The van der Waals surface area contributed by atoms with Gasteiger partial charge in [-0.15, -0.1) is 0 Å². The molecule has 0 atom stereocenters. The third kappa shape index (κ3) is 4.66. The molecule has 0 radical (unpaired) electrons. The molecule has 2 heterocycles. The molecule has 3 rings (SSSR count). The molecular formula is C19H25N5O4. The average molecular weight is 387 g/mol. The van der Waals surface area contributed by atoms with Gasteiger partial charge in [0, 0.05) is 13.1 Å². The van der Waals surface area contributed by atoms with Crippen molar-refractivity contribution >= 4 is 12.0 Å². The topological polar surface area (TPSA) is 89.8 Å². The van der Waals surface area contributed by atoms with Gasteiger partial charge in [0.1, 0.15) is 5.60 Å². The Morgan fingerprint density at radius 1 is 1.11 bits per heavy atom. The highest BCUT2D eigenvalue weighted by molar-refractivity contribution is 5.98. The summed E-state index contributed by atoms with van der Waals surface area (Å²) >= 11 is 0. The minimum absolute atomic E-state index is 0.161. The summed E-state index contributed by atoms with van der Waals surface area (Å²) in [6.07, 6.45) is 2.57. The number of carbonyl (C=O) groups is 2. The lowest BCUT2D eigenvalue weighted by molar-refractivity contribution is -0.137. The van der Waals surface area contributed by atoms with E-state index in [4.69, 9.17) is 9.57 Å². The third-order valence-electron chi connectivity index (χ3n) is 4.08. The molecule has 2 aromatic rings. The van der Waals surface area contributed by atoms with E-state index in [0.717, 1.165) is 5.56 Å². The van der Waals surface area contributed by atoms with Gasteiger partial charge in [-0.1, -0.05) is 11.6 Å². The Balaban J connectivity index is 1.76. The molecule has 0 bridgehead atoms. The number of ether oxygens (including phenoxy) is 1. The molecule has 1 aliphatic rings. The normalized spacial score (nSPS) is 15.3. The van der Waals surface area contributed by atoms with Gasteiger partial charge in [-0.3, -0.25) is 9.63 Å². The van der Waals surface area contributed by atoms with E-state index in [1.54, 1.807) is 38.1 Å². The van der Waals surface area contributed by atoms with Crippen LogP contribution in [0.3, 0.4) is 0 Å². The van der Waals surface area contributed by atoms with Crippen molar-refractivity contribution in [2.24, 2.45) is 0 Å². The molecule has 0 saturated carbocycles. The summed E-state index contributed by atoms with van der Waals surface area (Å²) < 4.78 is 5.34. The first-order chi connectivity index (χ1) is 13.2. The molecule has 0 spiro atoms. The highest BCUT2D eigenvalue weighted by Crippen LogP contribution is 2.19. The Morgan fingerprint density at radius 2 is 1.82 bits per heavy atom. The van der Waals surface area contributed by atoms with Crippen molar-refractivity contribution in [2.75, 3.05) is 26.2 Å². The van der Waals surface area contributed by atoms with Crippen LogP contribution in [0.15, 0.2) is 30.6 Å². The van der Waals surface area contributed by atoms with E-state index in [0.29, 0.717) is 24.3 Å². The SMILES string of the molecule is Cc1ccc(-n2nccn2)c(C(=O)N2CCON(C(=O)OC(C)(C)C)CC2)c1. The Bertz CT molecular complexity index is 845. The molecule has 0 N–H and O–H groups in total.